The van der Waals surface area contributed by atoms with Gasteiger partial charge in [0.25, 0.3) is 5.92 Å². The SMILES string of the molecule is CC(C)CN(CN)CC(C)(F)F. The van der Waals surface area contributed by atoms with Gasteiger partial charge in [0.05, 0.1) is 6.54 Å². The molecule has 0 aromatic carbocycles. The van der Waals surface area contributed by atoms with Crippen LogP contribution in [0.5, 0.6) is 0 Å². The van der Waals surface area contributed by atoms with E-state index in [0.29, 0.717) is 12.5 Å². The summed E-state index contributed by atoms with van der Waals surface area (Å²) in [5.74, 6) is -2.27. The molecule has 0 heterocycles. The van der Waals surface area contributed by atoms with E-state index < -0.39 is 5.92 Å². The Kier molecular flexibility index (Phi) is 4.63. The van der Waals surface area contributed by atoms with Crippen molar-refractivity contribution in [2.45, 2.75) is 26.7 Å². The Labute approximate surface area is 72.7 Å². The highest BCUT2D eigenvalue weighted by Gasteiger charge is 2.24. The van der Waals surface area contributed by atoms with Crippen molar-refractivity contribution in [2.75, 3.05) is 19.8 Å². The van der Waals surface area contributed by atoms with Crippen molar-refractivity contribution in [2.24, 2.45) is 11.7 Å². The normalized spacial score (nSPS) is 13.0. The second kappa shape index (κ2) is 4.72. The van der Waals surface area contributed by atoms with Gasteiger partial charge in [-0.3, -0.25) is 4.90 Å². The molecule has 0 aliphatic rings. The van der Waals surface area contributed by atoms with Gasteiger partial charge in [-0.15, -0.1) is 0 Å². The van der Waals surface area contributed by atoms with Crippen molar-refractivity contribution >= 4 is 0 Å². The van der Waals surface area contributed by atoms with Crippen LogP contribution in [0.1, 0.15) is 20.8 Å². The number of alkyl halides is 2. The first-order valence-electron chi connectivity index (χ1n) is 4.15. The first-order valence-corrected chi connectivity index (χ1v) is 4.15. The molecule has 74 valence electrons. The molecule has 2 N–H and O–H groups in total. The molecule has 0 aromatic heterocycles. The fraction of sp³-hybridized carbons (Fsp3) is 1.00. The number of rotatable bonds is 5. The smallest absolute Gasteiger partial charge is 0.257 e. The summed E-state index contributed by atoms with van der Waals surface area (Å²) >= 11 is 0. The molecule has 0 atom stereocenters. The Morgan fingerprint density at radius 2 is 1.92 bits per heavy atom. The van der Waals surface area contributed by atoms with Gasteiger partial charge in [-0.1, -0.05) is 13.8 Å². The quantitative estimate of drug-likeness (QED) is 0.650. The number of hydrogen-bond donors (Lipinski definition) is 1. The van der Waals surface area contributed by atoms with Crippen LogP contribution in [0, 0.1) is 5.92 Å². The largest absolute Gasteiger partial charge is 0.318 e. The van der Waals surface area contributed by atoms with Crippen molar-refractivity contribution in [1.82, 2.24) is 4.90 Å². The van der Waals surface area contributed by atoms with E-state index in [0.717, 1.165) is 6.92 Å². The van der Waals surface area contributed by atoms with Crippen LogP contribution in [0.4, 0.5) is 8.78 Å². The Morgan fingerprint density at radius 3 is 2.17 bits per heavy atom. The summed E-state index contributed by atoms with van der Waals surface area (Å²) in [5, 5.41) is 0. The molecule has 0 radical (unpaired) electrons. The average molecular weight is 180 g/mol. The van der Waals surface area contributed by atoms with E-state index in [4.69, 9.17) is 5.73 Å². The van der Waals surface area contributed by atoms with E-state index >= 15 is 0 Å². The van der Waals surface area contributed by atoms with Crippen LogP contribution in [-0.4, -0.2) is 30.6 Å². The molecule has 0 unspecified atom stereocenters. The van der Waals surface area contributed by atoms with Gasteiger partial charge in [-0.25, -0.2) is 8.78 Å². The summed E-state index contributed by atoms with van der Waals surface area (Å²) in [5.41, 5.74) is 5.32. The molecule has 12 heavy (non-hydrogen) atoms. The van der Waals surface area contributed by atoms with Crippen LogP contribution in [0.15, 0.2) is 0 Å². The molecule has 0 saturated carbocycles. The molecular formula is C8H18F2N2. The fourth-order valence-electron chi connectivity index (χ4n) is 1.11. The molecule has 0 rings (SSSR count). The van der Waals surface area contributed by atoms with Crippen molar-refractivity contribution in [3.8, 4) is 0 Å². The van der Waals surface area contributed by atoms with E-state index in [1.54, 1.807) is 4.90 Å². The number of nitrogens with two attached hydrogens (primary N) is 1. The summed E-state index contributed by atoms with van der Waals surface area (Å²) in [7, 11) is 0. The van der Waals surface area contributed by atoms with Crippen LogP contribution in [-0.2, 0) is 0 Å². The van der Waals surface area contributed by atoms with Crippen molar-refractivity contribution in [1.29, 1.82) is 0 Å². The predicted molar refractivity (Wildman–Crippen MR) is 46.1 cm³/mol. The zero-order valence-electron chi connectivity index (χ0n) is 7.98. The standard InChI is InChI=1S/C8H18F2N2/c1-7(2)4-12(6-11)5-8(3,9)10/h7H,4-6,11H2,1-3H3. The molecule has 0 aliphatic heterocycles. The third-order valence-electron chi connectivity index (χ3n) is 1.38. The van der Waals surface area contributed by atoms with E-state index in [2.05, 4.69) is 0 Å². The van der Waals surface area contributed by atoms with Crippen molar-refractivity contribution in [3.63, 3.8) is 0 Å². The lowest BCUT2D eigenvalue weighted by molar-refractivity contribution is -0.0163. The zero-order valence-corrected chi connectivity index (χ0v) is 7.98. The summed E-state index contributed by atoms with van der Waals surface area (Å²) in [6.45, 7) is 5.45. The maximum atomic E-state index is 12.5. The van der Waals surface area contributed by atoms with Gasteiger partial charge in [-0.2, -0.15) is 0 Å². The van der Waals surface area contributed by atoms with Gasteiger partial charge < -0.3 is 5.73 Å². The monoisotopic (exact) mass is 180 g/mol. The third-order valence-corrected chi connectivity index (χ3v) is 1.38. The van der Waals surface area contributed by atoms with E-state index in [1.165, 1.54) is 0 Å². The number of hydrogen-bond acceptors (Lipinski definition) is 2. The summed E-state index contributed by atoms with van der Waals surface area (Å²) in [6.07, 6.45) is 0. The Morgan fingerprint density at radius 1 is 1.42 bits per heavy atom. The molecule has 4 heteroatoms. The predicted octanol–water partition coefficient (Wildman–Crippen LogP) is 1.52. The fourth-order valence-corrected chi connectivity index (χ4v) is 1.11. The van der Waals surface area contributed by atoms with E-state index in [1.807, 2.05) is 13.8 Å². The van der Waals surface area contributed by atoms with Gasteiger partial charge in [-0.05, 0) is 5.92 Å². The zero-order chi connectivity index (χ0) is 9.78. The van der Waals surface area contributed by atoms with Gasteiger partial charge in [0, 0.05) is 20.1 Å². The average Bonchev–Trinajstić information content (AvgIpc) is 1.82. The van der Waals surface area contributed by atoms with Gasteiger partial charge in [0.15, 0.2) is 0 Å². The molecule has 0 aromatic rings. The number of nitrogens with zero attached hydrogens (tertiary/aromatic N) is 1. The summed E-state index contributed by atoms with van der Waals surface area (Å²) < 4.78 is 25.0. The summed E-state index contributed by atoms with van der Waals surface area (Å²) in [6, 6.07) is 0. The van der Waals surface area contributed by atoms with Crippen LogP contribution in [0.3, 0.4) is 0 Å². The Hall–Kier alpha value is -0.220. The van der Waals surface area contributed by atoms with E-state index in [-0.39, 0.29) is 13.2 Å². The number of halogens is 2. The van der Waals surface area contributed by atoms with Crippen LogP contribution >= 0.6 is 0 Å². The lowest BCUT2D eigenvalue weighted by Crippen LogP contribution is -2.40. The molecule has 0 amide bonds. The molecule has 0 aliphatic carbocycles. The van der Waals surface area contributed by atoms with Crippen molar-refractivity contribution < 1.29 is 8.78 Å². The molecule has 2 nitrogen and oxygen atoms in total. The summed E-state index contributed by atoms with van der Waals surface area (Å²) in [4.78, 5) is 1.56. The topological polar surface area (TPSA) is 29.3 Å². The van der Waals surface area contributed by atoms with Crippen molar-refractivity contribution in [3.05, 3.63) is 0 Å². The minimum Gasteiger partial charge on any atom is -0.318 e. The molecule has 0 spiro atoms. The highest BCUT2D eigenvalue weighted by molar-refractivity contribution is 4.66. The molecule has 0 bridgehead atoms. The maximum Gasteiger partial charge on any atom is 0.257 e. The Bertz CT molecular complexity index is 121. The van der Waals surface area contributed by atoms with Crippen LogP contribution < -0.4 is 5.73 Å². The van der Waals surface area contributed by atoms with E-state index in [9.17, 15) is 8.78 Å². The van der Waals surface area contributed by atoms with Crippen LogP contribution in [0.2, 0.25) is 0 Å². The minimum atomic E-state index is -2.64. The van der Waals surface area contributed by atoms with Gasteiger partial charge >= 0.3 is 0 Å². The maximum absolute atomic E-state index is 12.5. The van der Waals surface area contributed by atoms with Gasteiger partial charge in [0.1, 0.15) is 0 Å². The first-order chi connectivity index (χ1) is 5.35. The second-order valence-electron chi connectivity index (χ2n) is 3.66. The lowest BCUT2D eigenvalue weighted by atomic mass is 10.2. The highest BCUT2D eigenvalue weighted by atomic mass is 19.3. The molecule has 0 saturated heterocycles. The van der Waals surface area contributed by atoms with Gasteiger partial charge in [0.2, 0.25) is 0 Å². The third kappa shape index (κ3) is 6.49. The Balaban J connectivity index is 3.83. The molecular weight excluding hydrogens is 162 g/mol. The van der Waals surface area contributed by atoms with Crippen LogP contribution in [0.25, 0.3) is 0 Å². The lowest BCUT2D eigenvalue weighted by Gasteiger charge is -2.25. The molecule has 0 fully saturated rings. The first kappa shape index (κ1) is 11.8. The minimum absolute atomic E-state index is 0.196. The second-order valence-corrected chi connectivity index (χ2v) is 3.66. The highest BCUT2D eigenvalue weighted by Crippen LogP contribution is 2.13.